The van der Waals surface area contributed by atoms with Crippen LogP contribution in [0.2, 0.25) is 0 Å². The fraction of sp³-hybridized carbons (Fsp3) is 0.118. The lowest BCUT2D eigenvalue weighted by atomic mass is 10.2. The molecular formula is C17H18N6O4S. The Labute approximate surface area is 161 Å². The van der Waals surface area contributed by atoms with Gasteiger partial charge in [-0.15, -0.1) is 0 Å². The summed E-state index contributed by atoms with van der Waals surface area (Å²) in [6, 6.07) is 10.9. The van der Waals surface area contributed by atoms with E-state index in [9.17, 15) is 8.42 Å². The molecule has 0 saturated heterocycles. The number of pyridine rings is 1. The van der Waals surface area contributed by atoms with Crippen LogP contribution in [-0.4, -0.2) is 46.2 Å². The topological polar surface area (TPSA) is 149 Å². The average molecular weight is 402 g/mol. The van der Waals surface area contributed by atoms with E-state index in [1.165, 1.54) is 24.3 Å². The van der Waals surface area contributed by atoms with E-state index in [0.29, 0.717) is 29.7 Å². The second-order valence-electron chi connectivity index (χ2n) is 5.60. The maximum Gasteiger partial charge on any atom is 0.294 e. The molecule has 0 aliphatic heterocycles. The van der Waals surface area contributed by atoms with Crippen molar-refractivity contribution < 1.29 is 18.1 Å². The van der Waals surface area contributed by atoms with Crippen LogP contribution in [0, 0.1) is 0 Å². The number of aliphatic hydroxyl groups is 1. The molecule has 0 unspecified atom stereocenters. The molecule has 0 fully saturated rings. The second kappa shape index (κ2) is 8.61. The number of anilines is 3. The predicted octanol–water partition coefficient (Wildman–Crippen LogP) is 1.63. The normalized spacial score (nSPS) is 11.1. The van der Waals surface area contributed by atoms with Gasteiger partial charge < -0.3 is 10.4 Å². The van der Waals surface area contributed by atoms with Crippen LogP contribution >= 0.6 is 0 Å². The van der Waals surface area contributed by atoms with Gasteiger partial charge >= 0.3 is 0 Å². The Kier molecular flexibility index (Phi) is 5.99. The molecule has 5 N–H and O–H groups in total. The molecule has 146 valence electrons. The lowest BCUT2D eigenvalue weighted by Gasteiger charge is -2.12. The van der Waals surface area contributed by atoms with Crippen LogP contribution in [0.15, 0.2) is 59.8 Å². The summed E-state index contributed by atoms with van der Waals surface area (Å²) < 4.78 is 31.2. The third kappa shape index (κ3) is 5.13. The second-order valence-corrected chi connectivity index (χ2v) is 7.02. The van der Waals surface area contributed by atoms with Gasteiger partial charge in [0.25, 0.3) is 10.1 Å². The van der Waals surface area contributed by atoms with Crippen molar-refractivity contribution in [1.82, 2.24) is 15.0 Å². The third-order valence-corrected chi connectivity index (χ3v) is 4.45. The molecule has 0 aliphatic carbocycles. The van der Waals surface area contributed by atoms with Gasteiger partial charge in [-0.1, -0.05) is 0 Å². The lowest BCUT2D eigenvalue weighted by Crippen LogP contribution is -2.14. The molecular weight excluding hydrogens is 384 g/mol. The average Bonchev–Trinajstić information content (AvgIpc) is 2.71. The third-order valence-electron chi connectivity index (χ3n) is 3.58. The van der Waals surface area contributed by atoms with Gasteiger partial charge in [0.05, 0.1) is 22.9 Å². The Hall–Kier alpha value is -3.28. The SMILES string of the molecule is O=S(=O)(O)c1ccc(NNc2cc(-c3ccncc3)nc(NCCO)n2)cc1. The van der Waals surface area contributed by atoms with Gasteiger partial charge in [0.15, 0.2) is 5.82 Å². The Morgan fingerprint density at radius 3 is 2.32 bits per heavy atom. The highest BCUT2D eigenvalue weighted by Crippen LogP contribution is 2.21. The molecule has 11 heteroatoms. The molecule has 0 spiro atoms. The first-order valence-electron chi connectivity index (χ1n) is 8.19. The van der Waals surface area contributed by atoms with Gasteiger partial charge in [0.2, 0.25) is 5.95 Å². The number of hydrazine groups is 1. The number of nitrogens with one attached hydrogen (secondary N) is 3. The molecule has 28 heavy (non-hydrogen) atoms. The molecule has 0 aliphatic rings. The highest BCUT2D eigenvalue weighted by molar-refractivity contribution is 7.85. The van der Waals surface area contributed by atoms with Crippen molar-refractivity contribution in [3.8, 4) is 11.3 Å². The summed E-state index contributed by atoms with van der Waals surface area (Å²) in [5.41, 5.74) is 7.85. The summed E-state index contributed by atoms with van der Waals surface area (Å²) in [4.78, 5) is 12.5. The van der Waals surface area contributed by atoms with Gasteiger partial charge in [-0.25, -0.2) is 4.98 Å². The van der Waals surface area contributed by atoms with E-state index in [4.69, 9.17) is 9.66 Å². The summed E-state index contributed by atoms with van der Waals surface area (Å²) in [5.74, 6) is 0.774. The fourth-order valence-corrected chi connectivity index (χ4v) is 2.76. The molecule has 1 aromatic carbocycles. The molecule has 0 bridgehead atoms. The van der Waals surface area contributed by atoms with Gasteiger partial charge in [-0.05, 0) is 36.4 Å². The summed E-state index contributed by atoms with van der Waals surface area (Å²) in [6.07, 6.45) is 3.31. The van der Waals surface area contributed by atoms with Gasteiger partial charge in [0, 0.05) is 30.6 Å². The molecule has 0 saturated carbocycles. The Bertz CT molecular complexity index is 1030. The number of aliphatic hydroxyl groups excluding tert-OH is 1. The summed E-state index contributed by atoms with van der Waals surface area (Å²) in [6.45, 7) is 0.230. The van der Waals surface area contributed by atoms with Gasteiger partial charge in [-0.2, -0.15) is 13.4 Å². The lowest BCUT2D eigenvalue weighted by molar-refractivity contribution is 0.311. The first-order chi connectivity index (χ1) is 13.5. The standard InChI is InChI=1S/C17H18N6O4S/c24-10-9-19-17-20-15(12-5-7-18-8-6-12)11-16(21-17)23-22-13-1-3-14(4-2-13)28(25,26)27/h1-8,11,22,24H,9-10H2,(H,25,26,27)(H2,19,20,21,23). The smallest absolute Gasteiger partial charge is 0.294 e. The Balaban J connectivity index is 1.80. The zero-order chi connectivity index (χ0) is 20.0. The maximum absolute atomic E-state index is 11.1. The Morgan fingerprint density at radius 1 is 0.964 bits per heavy atom. The molecule has 0 radical (unpaired) electrons. The van der Waals surface area contributed by atoms with Crippen molar-refractivity contribution in [2.24, 2.45) is 0 Å². The van der Waals surface area contributed by atoms with E-state index in [1.807, 2.05) is 12.1 Å². The minimum Gasteiger partial charge on any atom is -0.395 e. The number of aromatic nitrogens is 3. The first kappa shape index (κ1) is 19.5. The summed E-state index contributed by atoms with van der Waals surface area (Å²) in [5, 5.41) is 11.9. The van der Waals surface area contributed by atoms with Crippen LogP contribution < -0.4 is 16.2 Å². The molecule has 0 amide bonds. The highest BCUT2D eigenvalue weighted by Gasteiger charge is 2.09. The van der Waals surface area contributed by atoms with Gasteiger partial charge in [-0.3, -0.25) is 20.4 Å². The first-order valence-corrected chi connectivity index (χ1v) is 9.63. The minimum absolute atomic E-state index is 0.0655. The van der Waals surface area contributed by atoms with Crippen LogP contribution in [0.1, 0.15) is 0 Å². The number of nitrogens with zero attached hydrogens (tertiary/aromatic N) is 3. The summed E-state index contributed by atoms with van der Waals surface area (Å²) in [7, 11) is -4.24. The van der Waals surface area contributed by atoms with Crippen molar-refractivity contribution in [2.45, 2.75) is 4.90 Å². The van der Waals surface area contributed by atoms with Crippen LogP contribution in [0.3, 0.4) is 0 Å². The van der Waals surface area contributed by atoms with Crippen LogP contribution in [0.4, 0.5) is 17.5 Å². The molecule has 2 heterocycles. The molecule has 3 aromatic rings. The zero-order valence-electron chi connectivity index (χ0n) is 14.6. The Morgan fingerprint density at radius 2 is 1.68 bits per heavy atom. The molecule has 10 nitrogen and oxygen atoms in total. The number of hydrogen-bond donors (Lipinski definition) is 5. The monoisotopic (exact) mass is 402 g/mol. The van der Waals surface area contributed by atoms with Crippen LogP contribution in [0.5, 0.6) is 0 Å². The van der Waals surface area contributed by atoms with E-state index in [0.717, 1.165) is 5.56 Å². The van der Waals surface area contributed by atoms with Crippen molar-refractivity contribution in [2.75, 3.05) is 29.3 Å². The number of rotatable bonds is 8. The van der Waals surface area contributed by atoms with E-state index in [-0.39, 0.29) is 11.5 Å². The van der Waals surface area contributed by atoms with Gasteiger partial charge in [0.1, 0.15) is 0 Å². The van der Waals surface area contributed by atoms with Crippen molar-refractivity contribution >= 4 is 27.6 Å². The van der Waals surface area contributed by atoms with E-state index < -0.39 is 10.1 Å². The molecule has 3 rings (SSSR count). The zero-order valence-corrected chi connectivity index (χ0v) is 15.4. The number of hydrogen-bond acceptors (Lipinski definition) is 9. The summed E-state index contributed by atoms with van der Waals surface area (Å²) >= 11 is 0. The molecule has 2 aromatic heterocycles. The minimum atomic E-state index is -4.24. The predicted molar refractivity (Wildman–Crippen MR) is 104 cm³/mol. The molecule has 0 atom stereocenters. The van der Waals surface area contributed by atoms with E-state index in [1.54, 1.807) is 18.5 Å². The van der Waals surface area contributed by atoms with Crippen molar-refractivity contribution in [1.29, 1.82) is 0 Å². The number of benzene rings is 1. The van der Waals surface area contributed by atoms with E-state index in [2.05, 4.69) is 31.1 Å². The largest absolute Gasteiger partial charge is 0.395 e. The quantitative estimate of drug-likeness (QED) is 0.278. The highest BCUT2D eigenvalue weighted by atomic mass is 32.2. The van der Waals surface area contributed by atoms with Crippen molar-refractivity contribution in [3.63, 3.8) is 0 Å². The van der Waals surface area contributed by atoms with Crippen LogP contribution in [0.25, 0.3) is 11.3 Å². The van der Waals surface area contributed by atoms with E-state index >= 15 is 0 Å². The maximum atomic E-state index is 11.1. The van der Waals surface area contributed by atoms with Crippen molar-refractivity contribution in [3.05, 3.63) is 54.9 Å². The van der Waals surface area contributed by atoms with Crippen LogP contribution in [-0.2, 0) is 10.1 Å². The fourth-order valence-electron chi connectivity index (χ4n) is 2.28.